The molecule has 0 unspecified atom stereocenters. The standard InChI is InChI=1S/C9H20N2/c1-4-7-8-9(10)11(5-2)6-3/h10H,4-8H2,1-3H3. The van der Waals surface area contributed by atoms with E-state index in [1.165, 1.54) is 6.42 Å². The summed E-state index contributed by atoms with van der Waals surface area (Å²) in [6.45, 7) is 8.31. The molecule has 2 heteroatoms. The number of hydrogen-bond donors (Lipinski definition) is 1. The summed E-state index contributed by atoms with van der Waals surface area (Å²) in [4.78, 5) is 2.11. The van der Waals surface area contributed by atoms with Crippen molar-refractivity contribution < 1.29 is 0 Å². The summed E-state index contributed by atoms with van der Waals surface area (Å²) in [5.41, 5.74) is 0. The van der Waals surface area contributed by atoms with E-state index in [0.29, 0.717) is 0 Å². The van der Waals surface area contributed by atoms with Crippen LogP contribution in [0.1, 0.15) is 40.0 Å². The molecular formula is C9H20N2. The maximum atomic E-state index is 7.68. The molecule has 0 fully saturated rings. The van der Waals surface area contributed by atoms with Gasteiger partial charge in [-0.1, -0.05) is 13.3 Å². The van der Waals surface area contributed by atoms with Gasteiger partial charge >= 0.3 is 0 Å². The molecule has 0 atom stereocenters. The molecular weight excluding hydrogens is 136 g/mol. The van der Waals surface area contributed by atoms with Crippen LogP contribution in [0.3, 0.4) is 0 Å². The zero-order chi connectivity index (χ0) is 8.69. The summed E-state index contributed by atoms with van der Waals surface area (Å²) < 4.78 is 0. The number of nitrogens with zero attached hydrogens (tertiary/aromatic N) is 1. The molecule has 0 heterocycles. The Labute approximate surface area is 70.1 Å². The molecule has 0 aliphatic carbocycles. The van der Waals surface area contributed by atoms with Crippen molar-refractivity contribution in [2.24, 2.45) is 0 Å². The zero-order valence-electron chi connectivity index (χ0n) is 7.98. The first-order chi connectivity index (χ1) is 5.26. The van der Waals surface area contributed by atoms with Gasteiger partial charge in [-0.2, -0.15) is 0 Å². The van der Waals surface area contributed by atoms with Crippen LogP contribution >= 0.6 is 0 Å². The van der Waals surface area contributed by atoms with Crippen molar-refractivity contribution in [2.75, 3.05) is 13.1 Å². The first-order valence-electron chi connectivity index (χ1n) is 4.58. The Hall–Kier alpha value is -0.530. The highest BCUT2D eigenvalue weighted by atomic mass is 15.1. The van der Waals surface area contributed by atoms with E-state index >= 15 is 0 Å². The summed E-state index contributed by atoms with van der Waals surface area (Å²) in [6.07, 6.45) is 3.27. The predicted molar refractivity (Wildman–Crippen MR) is 50.2 cm³/mol. The molecule has 0 spiro atoms. The van der Waals surface area contributed by atoms with Crippen LogP contribution < -0.4 is 0 Å². The van der Waals surface area contributed by atoms with Crippen molar-refractivity contribution in [3.05, 3.63) is 0 Å². The number of rotatable bonds is 5. The second kappa shape index (κ2) is 6.20. The van der Waals surface area contributed by atoms with Crippen molar-refractivity contribution in [1.82, 2.24) is 4.90 Å². The summed E-state index contributed by atoms with van der Waals surface area (Å²) in [5, 5.41) is 7.68. The zero-order valence-corrected chi connectivity index (χ0v) is 7.98. The molecule has 0 aromatic heterocycles. The molecule has 0 aliphatic heterocycles. The fourth-order valence-electron chi connectivity index (χ4n) is 1.11. The van der Waals surface area contributed by atoms with Crippen LogP contribution in [-0.4, -0.2) is 23.8 Å². The minimum atomic E-state index is 0.803. The lowest BCUT2D eigenvalue weighted by Crippen LogP contribution is -2.29. The minimum absolute atomic E-state index is 0.803. The highest BCUT2D eigenvalue weighted by Crippen LogP contribution is 1.99. The van der Waals surface area contributed by atoms with Gasteiger partial charge in [0.1, 0.15) is 0 Å². The lowest BCUT2D eigenvalue weighted by molar-refractivity contribution is 0.449. The molecule has 0 saturated carbocycles. The molecule has 66 valence electrons. The normalized spacial score (nSPS) is 9.73. The van der Waals surface area contributed by atoms with Crippen LogP contribution in [0.5, 0.6) is 0 Å². The second-order valence-corrected chi connectivity index (χ2v) is 2.72. The fraction of sp³-hybridized carbons (Fsp3) is 0.889. The largest absolute Gasteiger partial charge is 0.361 e. The van der Waals surface area contributed by atoms with Gasteiger partial charge in [-0.3, -0.25) is 5.41 Å². The second-order valence-electron chi connectivity index (χ2n) is 2.72. The Morgan fingerprint density at radius 2 is 1.73 bits per heavy atom. The lowest BCUT2D eigenvalue weighted by Gasteiger charge is -2.21. The summed E-state index contributed by atoms with van der Waals surface area (Å²) in [5.74, 6) is 0.803. The van der Waals surface area contributed by atoms with Gasteiger partial charge in [-0.05, 0) is 20.3 Å². The quantitative estimate of drug-likeness (QED) is 0.480. The SMILES string of the molecule is CCCCC(=N)N(CC)CC. The van der Waals surface area contributed by atoms with Crippen LogP contribution in [0.25, 0.3) is 0 Å². The van der Waals surface area contributed by atoms with Gasteiger partial charge in [0.2, 0.25) is 0 Å². The van der Waals surface area contributed by atoms with E-state index in [4.69, 9.17) is 5.41 Å². The first kappa shape index (κ1) is 10.5. The molecule has 0 saturated heterocycles. The third-order valence-corrected chi connectivity index (χ3v) is 1.91. The number of hydrogen-bond acceptors (Lipinski definition) is 1. The average molecular weight is 156 g/mol. The molecule has 0 aromatic rings. The van der Waals surface area contributed by atoms with Gasteiger partial charge in [0.25, 0.3) is 0 Å². The van der Waals surface area contributed by atoms with Gasteiger partial charge < -0.3 is 4.90 Å². The topological polar surface area (TPSA) is 27.1 Å². The number of nitrogens with one attached hydrogen (secondary N) is 1. The Balaban J connectivity index is 3.61. The molecule has 0 amide bonds. The molecule has 0 bridgehead atoms. The van der Waals surface area contributed by atoms with E-state index in [1.807, 2.05) is 0 Å². The van der Waals surface area contributed by atoms with E-state index in [1.54, 1.807) is 0 Å². The highest BCUT2D eigenvalue weighted by molar-refractivity contribution is 5.78. The first-order valence-corrected chi connectivity index (χ1v) is 4.58. The van der Waals surface area contributed by atoms with Gasteiger partial charge in [0, 0.05) is 19.5 Å². The van der Waals surface area contributed by atoms with Crippen molar-refractivity contribution in [1.29, 1.82) is 5.41 Å². The Bertz CT molecular complexity index is 106. The van der Waals surface area contributed by atoms with Crippen molar-refractivity contribution >= 4 is 5.84 Å². The Morgan fingerprint density at radius 1 is 1.18 bits per heavy atom. The van der Waals surface area contributed by atoms with Gasteiger partial charge in [-0.15, -0.1) is 0 Å². The van der Waals surface area contributed by atoms with Crippen LogP contribution in [0.15, 0.2) is 0 Å². The maximum absolute atomic E-state index is 7.68. The van der Waals surface area contributed by atoms with Crippen molar-refractivity contribution in [3.63, 3.8) is 0 Å². The molecule has 0 aromatic carbocycles. The van der Waals surface area contributed by atoms with E-state index in [0.717, 1.165) is 31.8 Å². The maximum Gasteiger partial charge on any atom is 0.0957 e. The van der Waals surface area contributed by atoms with Crippen molar-refractivity contribution in [2.45, 2.75) is 40.0 Å². The smallest absolute Gasteiger partial charge is 0.0957 e. The van der Waals surface area contributed by atoms with Crippen LogP contribution in [0.4, 0.5) is 0 Å². The molecule has 1 N–H and O–H groups in total. The number of amidine groups is 1. The molecule has 0 rings (SSSR count). The summed E-state index contributed by atoms with van der Waals surface area (Å²) in [7, 11) is 0. The Morgan fingerprint density at radius 3 is 2.09 bits per heavy atom. The van der Waals surface area contributed by atoms with E-state index < -0.39 is 0 Å². The third kappa shape index (κ3) is 4.02. The van der Waals surface area contributed by atoms with Crippen molar-refractivity contribution in [3.8, 4) is 0 Å². The van der Waals surface area contributed by atoms with E-state index in [9.17, 15) is 0 Å². The minimum Gasteiger partial charge on any atom is -0.361 e. The van der Waals surface area contributed by atoms with Gasteiger partial charge in [-0.25, -0.2) is 0 Å². The van der Waals surface area contributed by atoms with Gasteiger partial charge in [0.05, 0.1) is 5.84 Å². The average Bonchev–Trinajstić information content (AvgIpc) is 2.03. The van der Waals surface area contributed by atoms with Crippen LogP contribution in [0.2, 0.25) is 0 Å². The van der Waals surface area contributed by atoms with Gasteiger partial charge in [0.15, 0.2) is 0 Å². The molecule has 2 nitrogen and oxygen atoms in total. The van der Waals surface area contributed by atoms with Crippen LogP contribution in [0, 0.1) is 5.41 Å². The monoisotopic (exact) mass is 156 g/mol. The lowest BCUT2D eigenvalue weighted by atomic mass is 10.2. The number of unbranched alkanes of at least 4 members (excludes halogenated alkanes) is 1. The molecule has 0 radical (unpaired) electrons. The molecule has 11 heavy (non-hydrogen) atoms. The predicted octanol–water partition coefficient (Wildman–Crippen LogP) is 2.50. The summed E-state index contributed by atoms with van der Waals surface area (Å²) in [6, 6.07) is 0. The summed E-state index contributed by atoms with van der Waals surface area (Å²) >= 11 is 0. The molecule has 0 aliphatic rings. The fourth-order valence-corrected chi connectivity index (χ4v) is 1.11. The Kier molecular flexibility index (Phi) is 5.90. The van der Waals surface area contributed by atoms with Crippen LogP contribution in [-0.2, 0) is 0 Å². The highest BCUT2D eigenvalue weighted by Gasteiger charge is 2.02. The van der Waals surface area contributed by atoms with E-state index in [2.05, 4.69) is 25.7 Å². The van der Waals surface area contributed by atoms with E-state index in [-0.39, 0.29) is 0 Å². The third-order valence-electron chi connectivity index (χ3n) is 1.91.